The van der Waals surface area contributed by atoms with Gasteiger partial charge in [-0.25, -0.2) is 0 Å². The van der Waals surface area contributed by atoms with Gasteiger partial charge in [-0.05, 0) is 0 Å². The lowest BCUT2D eigenvalue weighted by Crippen LogP contribution is -2.32. The molecular formula is C8H8N2O2. The van der Waals surface area contributed by atoms with Crippen LogP contribution in [0.3, 0.4) is 0 Å². The summed E-state index contributed by atoms with van der Waals surface area (Å²) in [7, 11) is 0. The number of carbonyl (C=O) groups excluding carboxylic acids is 1. The van der Waals surface area contributed by atoms with E-state index in [-0.39, 0.29) is 0 Å². The zero-order chi connectivity index (χ0) is 8.60. The molecule has 0 bridgehead atoms. The van der Waals surface area contributed by atoms with Crippen LogP contribution in [0.1, 0.15) is 5.56 Å². The highest BCUT2D eigenvalue weighted by Crippen LogP contribution is 2.31. The Bertz CT molecular complexity index is 306. The number of nitrogens with two attached hydrogens (primary N) is 1. The van der Waals surface area contributed by atoms with Crippen LogP contribution < -0.4 is 11.2 Å². The summed E-state index contributed by atoms with van der Waals surface area (Å²) in [4.78, 5) is 15.7. The van der Waals surface area contributed by atoms with Gasteiger partial charge >= 0.3 is 0 Å². The number of benzene rings is 1. The number of hydrogen-bond acceptors (Lipinski definition) is 3. The highest BCUT2D eigenvalue weighted by molar-refractivity contribution is 5.86. The summed E-state index contributed by atoms with van der Waals surface area (Å²) in [5.41, 5.74) is 7.29. The molecule has 0 saturated carbocycles. The van der Waals surface area contributed by atoms with Gasteiger partial charge in [-0.3, -0.25) is 9.63 Å². The van der Waals surface area contributed by atoms with Gasteiger partial charge in [0.2, 0.25) is 0 Å². The number of rotatable bonds is 2. The third-order valence-corrected chi connectivity index (χ3v) is 1.83. The van der Waals surface area contributed by atoms with Crippen LogP contribution in [0.5, 0.6) is 0 Å². The maximum Gasteiger partial charge on any atom is 0.273 e. The molecule has 2 rings (SSSR count). The molecule has 1 atom stereocenters. The molecule has 1 unspecified atom stereocenters. The number of hydroxylamine groups is 1. The van der Waals surface area contributed by atoms with Crippen molar-refractivity contribution in [3.63, 3.8) is 0 Å². The number of carbonyl (C=O) groups is 1. The molecule has 1 saturated heterocycles. The number of primary amides is 1. The minimum Gasteiger partial charge on any atom is -0.365 e. The number of nitrogens with one attached hydrogen (secondary N) is 1. The first kappa shape index (κ1) is 7.27. The van der Waals surface area contributed by atoms with E-state index in [0.717, 1.165) is 5.56 Å². The quantitative estimate of drug-likeness (QED) is 0.597. The number of amides is 1. The van der Waals surface area contributed by atoms with Crippen LogP contribution in [0.15, 0.2) is 30.3 Å². The third-order valence-electron chi connectivity index (χ3n) is 1.83. The molecule has 62 valence electrons. The predicted molar refractivity (Wildman–Crippen MR) is 41.5 cm³/mol. The molecule has 0 aliphatic carbocycles. The van der Waals surface area contributed by atoms with E-state index in [0.29, 0.717) is 0 Å². The lowest BCUT2D eigenvalue weighted by molar-refractivity contribution is -0.123. The Morgan fingerprint density at radius 1 is 1.42 bits per heavy atom. The summed E-state index contributed by atoms with van der Waals surface area (Å²) >= 11 is 0. The molecule has 0 spiro atoms. The van der Waals surface area contributed by atoms with Gasteiger partial charge in [0.1, 0.15) is 0 Å². The lowest BCUT2D eigenvalue weighted by Gasteiger charge is -2.03. The fourth-order valence-electron chi connectivity index (χ4n) is 1.08. The zero-order valence-corrected chi connectivity index (χ0v) is 6.28. The van der Waals surface area contributed by atoms with Gasteiger partial charge in [0.05, 0.1) is 0 Å². The fourth-order valence-corrected chi connectivity index (χ4v) is 1.08. The van der Waals surface area contributed by atoms with Crippen molar-refractivity contribution in [1.29, 1.82) is 0 Å². The van der Waals surface area contributed by atoms with E-state index >= 15 is 0 Å². The summed E-state index contributed by atoms with van der Waals surface area (Å²) in [6.07, 6.45) is 0. The Hall–Kier alpha value is -1.39. The van der Waals surface area contributed by atoms with Crippen molar-refractivity contribution in [3.8, 4) is 0 Å². The van der Waals surface area contributed by atoms with E-state index in [1.165, 1.54) is 0 Å². The minimum absolute atomic E-state index is 0.520. The first-order chi connectivity index (χ1) is 5.76. The van der Waals surface area contributed by atoms with E-state index in [9.17, 15) is 4.79 Å². The van der Waals surface area contributed by atoms with Crippen LogP contribution in [0.25, 0.3) is 0 Å². The Labute approximate surface area is 69.3 Å². The molecule has 0 aromatic heterocycles. The largest absolute Gasteiger partial charge is 0.365 e. The molecule has 1 amide bonds. The Balaban J connectivity index is 2.37. The first-order valence-electron chi connectivity index (χ1n) is 3.56. The molecule has 1 aliphatic heterocycles. The van der Waals surface area contributed by atoms with E-state index in [1.54, 1.807) is 12.1 Å². The van der Waals surface area contributed by atoms with Crippen molar-refractivity contribution in [3.05, 3.63) is 35.9 Å². The van der Waals surface area contributed by atoms with Gasteiger partial charge in [0.25, 0.3) is 11.6 Å². The molecule has 4 nitrogen and oxygen atoms in total. The highest BCUT2D eigenvalue weighted by atomic mass is 16.8. The van der Waals surface area contributed by atoms with Gasteiger partial charge in [0.15, 0.2) is 0 Å². The summed E-state index contributed by atoms with van der Waals surface area (Å²) < 4.78 is 0. The molecular weight excluding hydrogens is 156 g/mol. The Morgan fingerprint density at radius 2 is 2.00 bits per heavy atom. The average molecular weight is 164 g/mol. The standard InChI is InChI=1S/C8H8N2O2/c9-7(11)8(10-12-8)6-4-2-1-3-5-6/h1-5,10H,(H2,9,11). The van der Waals surface area contributed by atoms with Crippen LogP contribution in [0, 0.1) is 0 Å². The first-order valence-corrected chi connectivity index (χ1v) is 3.56. The van der Waals surface area contributed by atoms with Crippen molar-refractivity contribution >= 4 is 5.91 Å². The van der Waals surface area contributed by atoms with Crippen LogP contribution in [0.2, 0.25) is 0 Å². The third kappa shape index (κ3) is 0.895. The van der Waals surface area contributed by atoms with Gasteiger partial charge in [-0.2, -0.15) is 5.48 Å². The minimum atomic E-state index is -1.07. The van der Waals surface area contributed by atoms with Gasteiger partial charge in [-0.15, -0.1) is 0 Å². The molecule has 1 heterocycles. The summed E-state index contributed by atoms with van der Waals surface area (Å²) in [6.45, 7) is 0. The van der Waals surface area contributed by atoms with E-state index in [4.69, 9.17) is 10.6 Å². The van der Waals surface area contributed by atoms with Gasteiger partial charge in [-0.1, -0.05) is 30.3 Å². The topological polar surface area (TPSA) is 77.6 Å². The summed E-state index contributed by atoms with van der Waals surface area (Å²) in [6, 6.07) is 9.07. The van der Waals surface area contributed by atoms with Crippen molar-refractivity contribution in [2.75, 3.05) is 0 Å². The second kappa shape index (κ2) is 2.30. The van der Waals surface area contributed by atoms with E-state index in [1.807, 2.05) is 18.2 Å². The summed E-state index contributed by atoms with van der Waals surface area (Å²) in [5, 5.41) is 0. The zero-order valence-electron chi connectivity index (χ0n) is 6.28. The average Bonchev–Trinajstić information content (AvgIpc) is 2.86. The second-order valence-electron chi connectivity index (χ2n) is 2.62. The number of hydrogen-bond donors (Lipinski definition) is 2. The van der Waals surface area contributed by atoms with Crippen molar-refractivity contribution in [2.24, 2.45) is 5.73 Å². The smallest absolute Gasteiger partial charge is 0.273 e. The van der Waals surface area contributed by atoms with Crippen molar-refractivity contribution in [2.45, 2.75) is 5.72 Å². The molecule has 12 heavy (non-hydrogen) atoms. The van der Waals surface area contributed by atoms with E-state index in [2.05, 4.69) is 5.48 Å². The second-order valence-corrected chi connectivity index (χ2v) is 2.62. The predicted octanol–water partition coefficient (Wildman–Crippen LogP) is -0.141. The highest BCUT2D eigenvalue weighted by Gasteiger charge is 2.53. The van der Waals surface area contributed by atoms with Crippen LogP contribution >= 0.6 is 0 Å². The van der Waals surface area contributed by atoms with E-state index < -0.39 is 11.6 Å². The van der Waals surface area contributed by atoms with Crippen LogP contribution in [-0.4, -0.2) is 5.91 Å². The normalized spacial score (nSPS) is 26.7. The van der Waals surface area contributed by atoms with Crippen LogP contribution in [-0.2, 0) is 15.4 Å². The lowest BCUT2D eigenvalue weighted by atomic mass is 10.1. The Kier molecular flexibility index (Phi) is 1.39. The molecule has 1 aromatic carbocycles. The maximum atomic E-state index is 10.9. The maximum absolute atomic E-state index is 10.9. The Morgan fingerprint density at radius 3 is 2.42 bits per heavy atom. The fraction of sp³-hybridized carbons (Fsp3) is 0.125. The monoisotopic (exact) mass is 164 g/mol. The molecule has 0 radical (unpaired) electrons. The van der Waals surface area contributed by atoms with Crippen LogP contribution in [0.4, 0.5) is 0 Å². The molecule has 1 aromatic rings. The molecule has 4 heteroatoms. The van der Waals surface area contributed by atoms with Crippen molar-refractivity contribution < 1.29 is 9.63 Å². The summed E-state index contributed by atoms with van der Waals surface area (Å²) in [5.74, 6) is -0.520. The van der Waals surface area contributed by atoms with Gasteiger partial charge < -0.3 is 5.73 Å². The molecule has 3 N–H and O–H groups in total. The molecule has 1 aliphatic rings. The van der Waals surface area contributed by atoms with Gasteiger partial charge in [0, 0.05) is 5.56 Å². The molecule has 1 fully saturated rings. The van der Waals surface area contributed by atoms with Crippen molar-refractivity contribution in [1.82, 2.24) is 5.48 Å². The SMILES string of the molecule is NC(=O)C1(c2ccccc2)NO1.